The van der Waals surface area contributed by atoms with Crippen LogP contribution in [0.1, 0.15) is 5.56 Å². The lowest BCUT2D eigenvalue weighted by atomic mass is 10.1. The largest absolute Gasteiger partial charge is 0.364 e. The summed E-state index contributed by atoms with van der Waals surface area (Å²) < 4.78 is 1.28. The predicted octanol–water partition coefficient (Wildman–Crippen LogP) is 3.83. The molecule has 21 heavy (non-hydrogen) atoms. The Kier molecular flexibility index (Phi) is 2.98. The maximum Gasteiger partial charge on any atom is 0.226 e. The van der Waals surface area contributed by atoms with Gasteiger partial charge < -0.3 is 10.3 Å². The molecule has 0 bridgehead atoms. The first-order valence-electron chi connectivity index (χ1n) is 6.37. The van der Waals surface area contributed by atoms with Crippen LogP contribution in [0, 0.1) is 0 Å². The van der Waals surface area contributed by atoms with Crippen LogP contribution >= 0.6 is 22.9 Å². The second-order valence-corrected chi connectivity index (χ2v) is 5.83. The molecule has 5 nitrogen and oxygen atoms in total. The minimum absolute atomic E-state index is 0.186. The number of halogens is 1. The molecular weight excluding hydrogens is 306 g/mol. The molecular formula is C14H10ClN5S. The Morgan fingerprint density at radius 2 is 2.19 bits per heavy atom. The molecule has 3 heterocycles. The molecule has 7 heteroatoms. The molecule has 0 aliphatic carbocycles. The van der Waals surface area contributed by atoms with Gasteiger partial charge in [0.05, 0.1) is 6.33 Å². The van der Waals surface area contributed by atoms with Crippen molar-refractivity contribution < 1.29 is 0 Å². The minimum atomic E-state index is 0.186. The summed E-state index contributed by atoms with van der Waals surface area (Å²) in [6.45, 7) is 0.662. The molecule has 2 N–H and O–H groups in total. The van der Waals surface area contributed by atoms with Crippen molar-refractivity contribution in [1.29, 1.82) is 0 Å². The number of nitrogens with one attached hydrogen (secondary N) is 2. The standard InChI is InChI=1S/C14H10ClN5S/c15-14-19-12(11-13(20-14)18-7-17-11)16-6-8-2-1-3-10-9(8)4-5-21-10/h1-5,7H,6H2,(H2,16,17,18,19,20). The Hall–Kier alpha value is -2.18. The maximum absolute atomic E-state index is 5.93. The van der Waals surface area contributed by atoms with Gasteiger partial charge in [0.15, 0.2) is 11.5 Å². The number of imidazole rings is 1. The van der Waals surface area contributed by atoms with Crippen molar-refractivity contribution in [3.05, 3.63) is 46.8 Å². The Morgan fingerprint density at radius 1 is 1.24 bits per heavy atom. The van der Waals surface area contributed by atoms with E-state index in [1.54, 1.807) is 17.7 Å². The van der Waals surface area contributed by atoms with Gasteiger partial charge in [-0.15, -0.1) is 11.3 Å². The number of aromatic nitrogens is 4. The zero-order valence-corrected chi connectivity index (χ0v) is 12.4. The lowest BCUT2D eigenvalue weighted by Crippen LogP contribution is -2.03. The lowest BCUT2D eigenvalue weighted by molar-refractivity contribution is 1.11. The summed E-state index contributed by atoms with van der Waals surface area (Å²) in [6, 6.07) is 8.43. The highest BCUT2D eigenvalue weighted by atomic mass is 35.5. The average Bonchev–Trinajstić information content (AvgIpc) is 3.12. The van der Waals surface area contributed by atoms with Crippen LogP contribution < -0.4 is 5.32 Å². The molecule has 4 rings (SSSR count). The molecule has 4 aromatic rings. The van der Waals surface area contributed by atoms with Gasteiger partial charge in [-0.1, -0.05) is 12.1 Å². The summed E-state index contributed by atoms with van der Waals surface area (Å²) in [5.74, 6) is 0.662. The Morgan fingerprint density at radius 3 is 3.14 bits per heavy atom. The lowest BCUT2D eigenvalue weighted by Gasteiger charge is -2.08. The van der Waals surface area contributed by atoms with Crippen LogP contribution in [0.15, 0.2) is 36.0 Å². The molecule has 0 aliphatic heterocycles. The van der Waals surface area contributed by atoms with E-state index in [1.807, 2.05) is 0 Å². The molecule has 0 saturated carbocycles. The van der Waals surface area contributed by atoms with Crippen LogP contribution in [0.5, 0.6) is 0 Å². The Bertz CT molecular complexity index is 929. The molecule has 0 atom stereocenters. The Balaban J connectivity index is 1.69. The number of anilines is 1. The summed E-state index contributed by atoms with van der Waals surface area (Å²) in [5.41, 5.74) is 2.54. The van der Waals surface area contributed by atoms with Gasteiger partial charge in [-0.3, -0.25) is 0 Å². The molecule has 104 valence electrons. The molecule has 1 aromatic carbocycles. The number of nitrogens with zero attached hydrogens (tertiary/aromatic N) is 3. The van der Waals surface area contributed by atoms with E-state index in [1.165, 1.54) is 15.6 Å². The summed E-state index contributed by atoms with van der Waals surface area (Å²) >= 11 is 7.66. The first-order chi connectivity index (χ1) is 10.3. The van der Waals surface area contributed by atoms with E-state index in [9.17, 15) is 0 Å². The number of thiophene rings is 1. The third kappa shape index (κ3) is 2.22. The minimum Gasteiger partial charge on any atom is -0.364 e. The maximum atomic E-state index is 5.93. The third-order valence-corrected chi connectivity index (χ3v) is 4.34. The fraction of sp³-hybridized carbons (Fsp3) is 0.0714. The number of hydrogen-bond acceptors (Lipinski definition) is 5. The van der Waals surface area contributed by atoms with E-state index in [0.29, 0.717) is 18.0 Å². The van der Waals surface area contributed by atoms with Crippen molar-refractivity contribution in [1.82, 2.24) is 19.9 Å². The molecule has 0 spiro atoms. The molecule has 0 saturated heterocycles. The average molecular weight is 316 g/mol. The van der Waals surface area contributed by atoms with Crippen molar-refractivity contribution in [3.63, 3.8) is 0 Å². The first kappa shape index (κ1) is 12.6. The third-order valence-electron chi connectivity index (χ3n) is 3.29. The van der Waals surface area contributed by atoms with Crippen LogP contribution in [0.4, 0.5) is 5.82 Å². The molecule has 0 radical (unpaired) electrons. The highest BCUT2D eigenvalue weighted by Gasteiger charge is 2.09. The van der Waals surface area contributed by atoms with Gasteiger partial charge in [0.1, 0.15) is 5.52 Å². The van der Waals surface area contributed by atoms with Crippen molar-refractivity contribution >= 4 is 50.0 Å². The topological polar surface area (TPSA) is 66.5 Å². The van der Waals surface area contributed by atoms with Gasteiger partial charge in [-0.25, -0.2) is 4.98 Å². The van der Waals surface area contributed by atoms with Gasteiger partial charge in [0.2, 0.25) is 5.28 Å². The van der Waals surface area contributed by atoms with Gasteiger partial charge in [0, 0.05) is 11.2 Å². The second-order valence-electron chi connectivity index (χ2n) is 4.55. The number of fused-ring (bicyclic) bond motifs is 2. The zero-order chi connectivity index (χ0) is 14.2. The van der Waals surface area contributed by atoms with Gasteiger partial charge in [-0.2, -0.15) is 9.97 Å². The zero-order valence-electron chi connectivity index (χ0n) is 10.8. The number of rotatable bonds is 3. The molecule has 0 unspecified atom stereocenters. The summed E-state index contributed by atoms with van der Waals surface area (Å²) in [7, 11) is 0. The number of H-pyrrole nitrogens is 1. The van der Waals surface area contributed by atoms with Crippen LogP contribution in [-0.4, -0.2) is 19.9 Å². The van der Waals surface area contributed by atoms with Gasteiger partial charge >= 0.3 is 0 Å². The number of benzene rings is 1. The van der Waals surface area contributed by atoms with E-state index in [4.69, 9.17) is 11.6 Å². The van der Waals surface area contributed by atoms with Crippen LogP contribution in [0.2, 0.25) is 5.28 Å². The highest BCUT2D eigenvalue weighted by Crippen LogP contribution is 2.25. The fourth-order valence-electron chi connectivity index (χ4n) is 2.32. The van der Waals surface area contributed by atoms with E-state index < -0.39 is 0 Å². The Labute approximate surface area is 129 Å². The smallest absolute Gasteiger partial charge is 0.226 e. The van der Waals surface area contributed by atoms with Crippen molar-refractivity contribution in [2.24, 2.45) is 0 Å². The SMILES string of the molecule is Clc1nc(NCc2cccc3sccc23)c2[nH]cnc2n1. The monoisotopic (exact) mass is 315 g/mol. The van der Waals surface area contributed by atoms with Crippen LogP contribution in [0.25, 0.3) is 21.3 Å². The van der Waals surface area contributed by atoms with Crippen molar-refractivity contribution in [3.8, 4) is 0 Å². The quantitative estimate of drug-likeness (QED) is 0.564. The van der Waals surface area contributed by atoms with E-state index in [0.717, 1.165) is 5.52 Å². The summed E-state index contributed by atoms with van der Waals surface area (Å²) in [5, 5.41) is 6.86. The van der Waals surface area contributed by atoms with Crippen LogP contribution in [-0.2, 0) is 6.54 Å². The number of aromatic amines is 1. The summed E-state index contributed by atoms with van der Waals surface area (Å²) in [6.07, 6.45) is 1.58. The normalized spacial score (nSPS) is 11.3. The van der Waals surface area contributed by atoms with Gasteiger partial charge in [-0.05, 0) is 40.1 Å². The van der Waals surface area contributed by atoms with Gasteiger partial charge in [0.25, 0.3) is 0 Å². The van der Waals surface area contributed by atoms with Crippen molar-refractivity contribution in [2.45, 2.75) is 6.54 Å². The molecule has 0 fully saturated rings. The second kappa shape index (κ2) is 4.98. The van der Waals surface area contributed by atoms with Crippen LogP contribution in [0.3, 0.4) is 0 Å². The number of hydrogen-bond donors (Lipinski definition) is 2. The van der Waals surface area contributed by atoms with E-state index in [2.05, 4.69) is 54.9 Å². The van der Waals surface area contributed by atoms with E-state index >= 15 is 0 Å². The highest BCUT2D eigenvalue weighted by molar-refractivity contribution is 7.17. The van der Waals surface area contributed by atoms with E-state index in [-0.39, 0.29) is 5.28 Å². The predicted molar refractivity (Wildman–Crippen MR) is 85.8 cm³/mol. The molecule has 0 aliphatic rings. The fourth-order valence-corrected chi connectivity index (χ4v) is 3.32. The summed E-state index contributed by atoms with van der Waals surface area (Å²) in [4.78, 5) is 15.4. The molecule has 3 aromatic heterocycles. The first-order valence-corrected chi connectivity index (χ1v) is 7.62. The van der Waals surface area contributed by atoms with Crippen molar-refractivity contribution in [2.75, 3.05) is 5.32 Å². The molecule has 0 amide bonds.